The maximum Gasteiger partial charge on any atom is 0.255 e. The number of methoxy groups -OCH3 is 1. The Morgan fingerprint density at radius 3 is 2.63 bits per heavy atom. The molecule has 27 heavy (non-hydrogen) atoms. The zero-order chi connectivity index (χ0) is 19.7. The van der Waals surface area contributed by atoms with E-state index in [1.165, 1.54) is 49.6 Å². The minimum Gasteiger partial charge on any atom is -0.494 e. The van der Waals surface area contributed by atoms with Gasteiger partial charge >= 0.3 is 0 Å². The molecule has 1 heterocycles. The highest BCUT2D eigenvalue weighted by atomic mass is 32.2. The van der Waals surface area contributed by atoms with Crippen molar-refractivity contribution in [3.05, 3.63) is 53.8 Å². The summed E-state index contributed by atoms with van der Waals surface area (Å²) in [6, 6.07) is 9.77. The lowest BCUT2D eigenvalue weighted by atomic mass is 9.92. The standard InChI is InChI=1S/C19H20FNO5S/c1-19(10-26-11-19)12-27(23,24)15-5-3-4-13(8-15)18(22)21-14-6-7-16(20)17(9-14)25-2/h3-9H,10-12H2,1-2H3,(H,21,22). The second kappa shape index (κ2) is 7.28. The molecule has 0 unspecified atom stereocenters. The maximum atomic E-state index is 13.5. The van der Waals surface area contributed by atoms with Crippen LogP contribution < -0.4 is 10.1 Å². The van der Waals surface area contributed by atoms with Gasteiger partial charge in [-0.2, -0.15) is 0 Å². The molecule has 0 atom stereocenters. The fourth-order valence-electron chi connectivity index (χ4n) is 2.85. The molecule has 0 saturated carbocycles. The van der Waals surface area contributed by atoms with Crippen LogP contribution in [0.4, 0.5) is 10.1 Å². The average molecular weight is 393 g/mol. The van der Waals surface area contributed by atoms with Crippen molar-refractivity contribution < 1.29 is 27.1 Å². The Morgan fingerprint density at radius 2 is 2.00 bits per heavy atom. The first-order valence-corrected chi connectivity index (χ1v) is 9.93. The molecule has 0 bridgehead atoms. The van der Waals surface area contributed by atoms with E-state index in [-0.39, 0.29) is 22.0 Å². The lowest BCUT2D eigenvalue weighted by molar-refractivity contribution is -0.0870. The SMILES string of the molecule is COc1cc(NC(=O)c2cccc(S(=O)(=O)CC3(C)COC3)c2)ccc1F. The van der Waals surface area contributed by atoms with Crippen molar-refractivity contribution in [3.63, 3.8) is 0 Å². The third kappa shape index (κ3) is 4.28. The van der Waals surface area contributed by atoms with Crippen LogP contribution in [0.1, 0.15) is 17.3 Å². The molecule has 1 amide bonds. The van der Waals surface area contributed by atoms with Gasteiger partial charge in [-0.15, -0.1) is 0 Å². The van der Waals surface area contributed by atoms with E-state index in [0.717, 1.165) is 0 Å². The predicted octanol–water partition coefficient (Wildman–Crippen LogP) is 2.90. The molecule has 1 saturated heterocycles. The average Bonchev–Trinajstić information content (AvgIpc) is 2.61. The minimum absolute atomic E-state index is 0.0000831. The van der Waals surface area contributed by atoms with E-state index in [1.807, 2.05) is 6.92 Å². The number of anilines is 1. The van der Waals surface area contributed by atoms with Gasteiger partial charge < -0.3 is 14.8 Å². The monoisotopic (exact) mass is 393 g/mol. The van der Waals surface area contributed by atoms with Gasteiger partial charge in [0, 0.05) is 22.7 Å². The Kier molecular flexibility index (Phi) is 5.21. The zero-order valence-electron chi connectivity index (χ0n) is 15.0. The van der Waals surface area contributed by atoms with Crippen molar-refractivity contribution in [2.75, 3.05) is 31.4 Å². The fraction of sp³-hybridized carbons (Fsp3) is 0.316. The largest absolute Gasteiger partial charge is 0.494 e. The normalized spacial score (nSPS) is 15.7. The summed E-state index contributed by atoms with van der Waals surface area (Å²) in [7, 11) is -2.23. The summed E-state index contributed by atoms with van der Waals surface area (Å²) in [4.78, 5) is 12.6. The van der Waals surface area contributed by atoms with Crippen molar-refractivity contribution in [3.8, 4) is 5.75 Å². The molecule has 3 rings (SSSR count). The van der Waals surface area contributed by atoms with Crippen LogP contribution in [0.3, 0.4) is 0 Å². The summed E-state index contributed by atoms with van der Waals surface area (Å²) in [6.45, 7) is 2.66. The van der Waals surface area contributed by atoms with E-state index in [4.69, 9.17) is 9.47 Å². The van der Waals surface area contributed by atoms with Crippen LogP contribution in [0, 0.1) is 11.2 Å². The minimum atomic E-state index is -3.55. The van der Waals surface area contributed by atoms with Crippen LogP contribution in [0.5, 0.6) is 5.75 Å². The van der Waals surface area contributed by atoms with Gasteiger partial charge in [-0.1, -0.05) is 13.0 Å². The van der Waals surface area contributed by atoms with E-state index < -0.39 is 27.0 Å². The van der Waals surface area contributed by atoms with Crippen LogP contribution in [-0.2, 0) is 14.6 Å². The molecule has 0 aliphatic carbocycles. The molecule has 1 aliphatic rings. The van der Waals surface area contributed by atoms with E-state index in [0.29, 0.717) is 18.9 Å². The van der Waals surface area contributed by atoms with Gasteiger partial charge in [-0.05, 0) is 30.3 Å². The number of sulfone groups is 1. The molecule has 1 fully saturated rings. The molecule has 2 aromatic carbocycles. The van der Waals surface area contributed by atoms with Crippen molar-refractivity contribution in [1.82, 2.24) is 0 Å². The number of carbonyl (C=O) groups is 1. The number of amides is 1. The number of hydrogen-bond donors (Lipinski definition) is 1. The molecule has 2 aromatic rings. The quantitative estimate of drug-likeness (QED) is 0.816. The van der Waals surface area contributed by atoms with Crippen LogP contribution in [0.25, 0.3) is 0 Å². The van der Waals surface area contributed by atoms with Crippen LogP contribution >= 0.6 is 0 Å². The maximum absolute atomic E-state index is 13.5. The fourth-order valence-corrected chi connectivity index (χ4v) is 4.69. The van der Waals surface area contributed by atoms with Crippen molar-refractivity contribution in [1.29, 1.82) is 0 Å². The Bertz CT molecular complexity index is 970. The number of hydrogen-bond acceptors (Lipinski definition) is 5. The molecular weight excluding hydrogens is 373 g/mol. The Labute approximate surface area is 157 Å². The van der Waals surface area contributed by atoms with Gasteiger partial charge in [0.25, 0.3) is 5.91 Å². The van der Waals surface area contributed by atoms with E-state index in [2.05, 4.69) is 5.32 Å². The van der Waals surface area contributed by atoms with Gasteiger partial charge in [-0.3, -0.25) is 4.79 Å². The number of nitrogens with one attached hydrogen (secondary N) is 1. The van der Waals surface area contributed by atoms with Crippen molar-refractivity contribution in [2.24, 2.45) is 5.41 Å². The highest BCUT2D eigenvalue weighted by Gasteiger charge is 2.38. The number of halogens is 1. The predicted molar refractivity (Wildman–Crippen MR) is 98.3 cm³/mol. The first-order chi connectivity index (χ1) is 12.7. The molecular formula is C19H20FNO5S. The smallest absolute Gasteiger partial charge is 0.255 e. The highest BCUT2D eigenvalue weighted by Crippen LogP contribution is 2.31. The molecule has 1 N–H and O–H groups in total. The first kappa shape index (κ1) is 19.3. The molecule has 0 radical (unpaired) electrons. The van der Waals surface area contributed by atoms with E-state index in [1.54, 1.807) is 0 Å². The summed E-state index contributed by atoms with van der Waals surface area (Å²) in [5.74, 6) is -1.09. The van der Waals surface area contributed by atoms with Crippen LogP contribution in [0.15, 0.2) is 47.4 Å². The Morgan fingerprint density at radius 1 is 1.26 bits per heavy atom. The van der Waals surface area contributed by atoms with Gasteiger partial charge in [0.05, 0.1) is 31.0 Å². The number of rotatable bonds is 6. The molecule has 8 heteroatoms. The molecule has 6 nitrogen and oxygen atoms in total. The Balaban J connectivity index is 1.79. The van der Waals surface area contributed by atoms with Crippen LogP contribution in [0.2, 0.25) is 0 Å². The summed E-state index contributed by atoms with van der Waals surface area (Å²) < 4.78 is 48.8. The number of ether oxygens (including phenoxy) is 2. The molecule has 0 spiro atoms. The van der Waals surface area contributed by atoms with E-state index >= 15 is 0 Å². The Hall–Kier alpha value is -2.45. The first-order valence-electron chi connectivity index (χ1n) is 8.28. The lowest BCUT2D eigenvalue weighted by Gasteiger charge is -2.37. The molecule has 1 aliphatic heterocycles. The summed E-state index contributed by atoms with van der Waals surface area (Å²) in [5, 5.41) is 2.61. The number of benzene rings is 2. The second-order valence-corrected chi connectivity index (χ2v) is 8.88. The van der Waals surface area contributed by atoms with Crippen LogP contribution in [-0.4, -0.2) is 40.4 Å². The van der Waals surface area contributed by atoms with Gasteiger partial charge in [-0.25, -0.2) is 12.8 Å². The van der Waals surface area contributed by atoms with E-state index in [9.17, 15) is 17.6 Å². The summed E-state index contributed by atoms with van der Waals surface area (Å²) in [5.41, 5.74) is 0.127. The summed E-state index contributed by atoms with van der Waals surface area (Å²) in [6.07, 6.45) is 0. The third-order valence-electron chi connectivity index (χ3n) is 4.30. The van der Waals surface area contributed by atoms with Crippen molar-refractivity contribution in [2.45, 2.75) is 11.8 Å². The van der Waals surface area contributed by atoms with Gasteiger partial charge in [0.1, 0.15) is 0 Å². The number of carbonyl (C=O) groups excluding carboxylic acids is 1. The topological polar surface area (TPSA) is 81.7 Å². The van der Waals surface area contributed by atoms with Gasteiger partial charge in [0.15, 0.2) is 21.4 Å². The van der Waals surface area contributed by atoms with Crippen molar-refractivity contribution >= 4 is 21.4 Å². The lowest BCUT2D eigenvalue weighted by Crippen LogP contribution is -2.45. The summed E-state index contributed by atoms with van der Waals surface area (Å²) >= 11 is 0. The van der Waals surface area contributed by atoms with Gasteiger partial charge in [0.2, 0.25) is 0 Å². The molecule has 0 aromatic heterocycles. The molecule has 144 valence electrons. The third-order valence-corrected chi connectivity index (χ3v) is 6.35. The zero-order valence-corrected chi connectivity index (χ0v) is 15.8. The highest BCUT2D eigenvalue weighted by molar-refractivity contribution is 7.91. The second-order valence-electron chi connectivity index (χ2n) is 6.89.